The highest BCUT2D eigenvalue weighted by Crippen LogP contribution is 2.41. The van der Waals surface area contributed by atoms with Gasteiger partial charge in [-0.1, -0.05) is 31.0 Å². The summed E-state index contributed by atoms with van der Waals surface area (Å²) in [7, 11) is 2.07. The van der Waals surface area contributed by atoms with Crippen LogP contribution >= 0.6 is 0 Å². The van der Waals surface area contributed by atoms with Gasteiger partial charge in [0.25, 0.3) is 0 Å². The number of hydrogen-bond donors (Lipinski definition) is 1. The molecule has 0 unspecified atom stereocenters. The molecule has 0 atom stereocenters. The Hall–Kier alpha value is -1.35. The molecular formula is C18H25N3. The maximum Gasteiger partial charge on any atom is 0.0709 e. The topological polar surface area (TPSA) is 29.9 Å². The summed E-state index contributed by atoms with van der Waals surface area (Å²) >= 11 is 0. The molecule has 0 spiro atoms. The average molecular weight is 283 g/mol. The smallest absolute Gasteiger partial charge is 0.0709 e. The summed E-state index contributed by atoms with van der Waals surface area (Å²) in [6.07, 6.45) is 9.38. The van der Waals surface area contributed by atoms with Crippen molar-refractivity contribution in [2.75, 3.05) is 6.54 Å². The van der Waals surface area contributed by atoms with Crippen LogP contribution in [0.5, 0.6) is 0 Å². The third-order valence-electron chi connectivity index (χ3n) is 5.38. The molecule has 0 aliphatic heterocycles. The summed E-state index contributed by atoms with van der Waals surface area (Å²) in [5.74, 6) is 0. The van der Waals surface area contributed by atoms with Crippen LogP contribution in [0.15, 0.2) is 24.3 Å². The van der Waals surface area contributed by atoms with Crippen molar-refractivity contribution in [2.45, 2.75) is 51.0 Å². The second-order valence-electron chi connectivity index (χ2n) is 7.13. The number of para-hydroxylation sites is 1. The minimum atomic E-state index is 0.444. The summed E-state index contributed by atoms with van der Waals surface area (Å²) in [6.45, 7) is 1.18. The van der Waals surface area contributed by atoms with Crippen LogP contribution in [0.1, 0.15) is 44.2 Å². The lowest BCUT2D eigenvalue weighted by molar-refractivity contribution is 0.274. The number of rotatable bonds is 5. The Labute approximate surface area is 126 Å². The lowest BCUT2D eigenvalue weighted by Gasteiger charge is -2.29. The van der Waals surface area contributed by atoms with Crippen molar-refractivity contribution >= 4 is 10.9 Å². The molecule has 4 rings (SSSR count). The lowest BCUT2D eigenvalue weighted by Crippen LogP contribution is -2.35. The number of aryl methyl sites for hydroxylation is 1. The van der Waals surface area contributed by atoms with Gasteiger partial charge in [0.05, 0.1) is 11.2 Å². The van der Waals surface area contributed by atoms with Crippen LogP contribution in [0, 0.1) is 5.41 Å². The molecule has 0 radical (unpaired) electrons. The Balaban J connectivity index is 1.61. The molecule has 0 saturated heterocycles. The fourth-order valence-corrected chi connectivity index (χ4v) is 3.96. The summed E-state index contributed by atoms with van der Waals surface area (Å²) in [6, 6.07) is 9.46. The van der Waals surface area contributed by atoms with Crippen molar-refractivity contribution in [2.24, 2.45) is 12.5 Å². The van der Waals surface area contributed by atoms with Crippen molar-refractivity contribution < 1.29 is 0 Å². The Bertz CT molecular complexity index is 633. The zero-order valence-electron chi connectivity index (χ0n) is 12.9. The fraction of sp³-hybridized carbons (Fsp3) is 0.611. The quantitative estimate of drug-likeness (QED) is 0.911. The van der Waals surface area contributed by atoms with Gasteiger partial charge in [-0.3, -0.25) is 4.68 Å². The van der Waals surface area contributed by atoms with Gasteiger partial charge in [-0.05, 0) is 43.6 Å². The van der Waals surface area contributed by atoms with E-state index in [1.807, 2.05) is 4.68 Å². The molecule has 2 aliphatic rings. The molecule has 3 heteroatoms. The van der Waals surface area contributed by atoms with Gasteiger partial charge in [0.2, 0.25) is 0 Å². The summed E-state index contributed by atoms with van der Waals surface area (Å²) in [4.78, 5) is 0. The van der Waals surface area contributed by atoms with Crippen LogP contribution in [0.25, 0.3) is 10.9 Å². The van der Waals surface area contributed by atoms with E-state index in [9.17, 15) is 0 Å². The minimum absolute atomic E-state index is 0.444. The first-order valence-electron chi connectivity index (χ1n) is 8.40. The van der Waals surface area contributed by atoms with E-state index in [1.54, 1.807) is 0 Å². The molecule has 3 nitrogen and oxygen atoms in total. The van der Waals surface area contributed by atoms with E-state index in [1.165, 1.54) is 61.7 Å². The number of fused-ring (bicyclic) bond motifs is 1. The van der Waals surface area contributed by atoms with E-state index in [0.29, 0.717) is 5.41 Å². The molecule has 0 amide bonds. The van der Waals surface area contributed by atoms with Gasteiger partial charge < -0.3 is 5.32 Å². The standard InChI is InChI=1S/C18H25N3/c1-21-17-7-3-2-6-15(17)16(20-21)12-18(10-4-5-11-18)13-19-14-8-9-14/h2-3,6-7,14,19H,4-5,8-13H2,1H3. The fourth-order valence-electron chi connectivity index (χ4n) is 3.96. The average Bonchev–Trinajstić information content (AvgIpc) is 3.15. The van der Waals surface area contributed by atoms with Crippen LogP contribution in [0.3, 0.4) is 0 Å². The van der Waals surface area contributed by atoms with Crippen LogP contribution < -0.4 is 5.32 Å². The van der Waals surface area contributed by atoms with Crippen LogP contribution in [0.4, 0.5) is 0 Å². The van der Waals surface area contributed by atoms with Crippen molar-refractivity contribution in [3.05, 3.63) is 30.0 Å². The predicted molar refractivity (Wildman–Crippen MR) is 86.3 cm³/mol. The first-order chi connectivity index (χ1) is 10.3. The van der Waals surface area contributed by atoms with E-state index < -0.39 is 0 Å². The number of hydrogen-bond acceptors (Lipinski definition) is 2. The maximum atomic E-state index is 4.83. The monoisotopic (exact) mass is 283 g/mol. The number of nitrogens with zero attached hydrogens (tertiary/aromatic N) is 2. The summed E-state index contributed by atoms with van der Waals surface area (Å²) < 4.78 is 2.04. The van der Waals surface area contributed by atoms with Crippen molar-refractivity contribution in [3.63, 3.8) is 0 Å². The highest BCUT2D eigenvalue weighted by atomic mass is 15.3. The van der Waals surface area contributed by atoms with Crippen molar-refractivity contribution in [3.8, 4) is 0 Å². The normalized spacial score (nSPS) is 21.2. The van der Waals surface area contributed by atoms with Gasteiger partial charge in [0, 0.05) is 25.0 Å². The second kappa shape index (κ2) is 5.13. The Morgan fingerprint density at radius 2 is 2.00 bits per heavy atom. The van der Waals surface area contributed by atoms with E-state index in [0.717, 1.165) is 12.5 Å². The van der Waals surface area contributed by atoms with Crippen molar-refractivity contribution in [1.82, 2.24) is 15.1 Å². The maximum absolute atomic E-state index is 4.83. The third kappa shape index (κ3) is 2.59. The van der Waals surface area contributed by atoms with Crippen LogP contribution in [-0.2, 0) is 13.5 Å². The minimum Gasteiger partial charge on any atom is -0.313 e. The van der Waals surface area contributed by atoms with E-state index in [-0.39, 0.29) is 0 Å². The molecule has 1 aromatic carbocycles. The van der Waals surface area contributed by atoms with Gasteiger partial charge in [-0.25, -0.2) is 0 Å². The molecule has 0 bridgehead atoms. The van der Waals surface area contributed by atoms with Gasteiger partial charge >= 0.3 is 0 Å². The third-order valence-corrected chi connectivity index (χ3v) is 5.38. The molecule has 2 aromatic rings. The first-order valence-corrected chi connectivity index (χ1v) is 8.40. The molecule has 112 valence electrons. The zero-order chi connectivity index (χ0) is 14.3. The predicted octanol–water partition coefficient (Wildman–Crippen LogP) is 3.43. The molecular weight excluding hydrogens is 258 g/mol. The number of benzene rings is 1. The van der Waals surface area contributed by atoms with E-state index >= 15 is 0 Å². The number of aromatic nitrogens is 2. The molecule has 2 aliphatic carbocycles. The van der Waals surface area contributed by atoms with Crippen LogP contribution in [-0.4, -0.2) is 22.4 Å². The highest BCUT2D eigenvalue weighted by molar-refractivity contribution is 5.81. The molecule has 2 saturated carbocycles. The Morgan fingerprint density at radius 1 is 1.24 bits per heavy atom. The molecule has 1 N–H and O–H groups in total. The van der Waals surface area contributed by atoms with Gasteiger partial charge in [0.15, 0.2) is 0 Å². The van der Waals surface area contributed by atoms with E-state index in [2.05, 4.69) is 36.6 Å². The SMILES string of the molecule is Cn1nc(CC2(CNC3CC3)CCCC2)c2ccccc21. The van der Waals surface area contributed by atoms with Crippen molar-refractivity contribution in [1.29, 1.82) is 0 Å². The molecule has 2 fully saturated rings. The number of nitrogens with one attached hydrogen (secondary N) is 1. The second-order valence-corrected chi connectivity index (χ2v) is 7.13. The molecule has 1 aromatic heterocycles. The Morgan fingerprint density at radius 3 is 2.76 bits per heavy atom. The molecule has 21 heavy (non-hydrogen) atoms. The first kappa shape index (κ1) is 13.3. The van der Waals surface area contributed by atoms with E-state index in [4.69, 9.17) is 5.10 Å². The Kier molecular flexibility index (Phi) is 3.26. The summed E-state index contributed by atoms with van der Waals surface area (Å²) in [5.41, 5.74) is 3.00. The van der Waals surface area contributed by atoms with Gasteiger partial charge in [-0.2, -0.15) is 5.10 Å². The van der Waals surface area contributed by atoms with Gasteiger partial charge in [0.1, 0.15) is 0 Å². The lowest BCUT2D eigenvalue weighted by atomic mass is 9.81. The molecule has 1 heterocycles. The zero-order valence-corrected chi connectivity index (χ0v) is 12.9. The van der Waals surface area contributed by atoms with Gasteiger partial charge in [-0.15, -0.1) is 0 Å². The largest absolute Gasteiger partial charge is 0.313 e. The highest BCUT2D eigenvalue weighted by Gasteiger charge is 2.36. The summed E-state index contributed by atoms with van der Waals surface area (Å²) in [5, 5.41) is 9.95. The van der Waals surface area contributed by atoms with Crippen LogP contribution in [0.2, 0.25) is 0 Å².